The fourth-order valence-corrected chi connectivity index (χ4v) is 9.40. The Morgan fingerprint density at radius 3 is 1.41 bits per heavy atom. The van der Waals surface area contributed by atoms with Crippen LogP contribution in [0.3, 0.4) is 0 Å². The summed E-state index contributed by atoms with van der Waals surface area (Å²) in [7, 11) is 0. The van der Waals surface area contributed by atoms with Crippen LogP contribution in [0.4, 0.5) is 0 Å². The van der Waals surface area contributed by atoms with Crippen molar-refractivity contribution in [2.24, 2.45) is 0 Å². The zero-order valence-corrected chi connectivity index (χ0v) is 36.4. The summed E-state index contributed by atoms with van der Waals surface area (Å²) in [6.07, 6.45) is 0. The molecule has 0 unspecified atom stereocenters. The van der Waals surface area contributed by atoms with Crippen molar-refractivity contribution in [1.82, 2.24) is 34.5 Å². The fourth-order valence-electron chi connectivity index (χ4n) is 9.40. The number of aromatic nitrogens is 7. The van der Waals surface area contributed by atoms with Crippen LogP contribution in [0.2, 0.25) is 0 Å². The SMILES string of the molecule is c1ccc(-c2nc(-c3ccccc3)nc(-c3cc(-c4nc(-c5ccccc5)nc(-c5cccc6c5oc5ccccc56)n4)ccc3-c3cccc4c3c3ccccc3n4-c3ccccc3)n2)cc1. The zero-order chi connectivity index (χ0) is 45.0. The molecule has 0 atom stereocenters. The third-order valence-electron chi connectivity index (χ3n) is 12.5. The molecule has 0 N–H and O–H groups in total. The number of furan rings is 1. The minimum absolute atomic E-state index is 0.495. The van der Waals surface area contributed by atoms with Crippen molar-refractivity contribution < 1.29 is 4.42 Å². The topological polar surface area (TPSA) is 95.4 Å². The van der Waals surface area contributed by atoms with Gasteiger partial charge in [0.05, 0.1) is 16.6 Å². The molecule has 68 heavy (non-hydrogen) atoms. The van der Waals surface area contributed by atoms with Gasteiger partial charge in [0, 0.05) is 55.0 Å². The lowest BCUT2D eigenvalue weighted by molar-refractivity contribution is 0.669. The molecule has 0 radical (unpaired) electrons. The van der Waals surface area contributed by atoms with E-state index in [1.165, 1.54) is 0 Å². The van der Waals surface area contributed by atoms with Crippen molar-refractivity contribution >= 4 is 43.7 Å². The average molecular weight is 872 g/mol. The number of para-hydroxylation sites is 4. The predicted octanol–water partition coefficient (Wildman–Crippen LogP) is 14.7. The van der Waals surface area contributed by atoms with Crippen molar-refractivity contribution in [3.8, 4) is 85.1 Å². The van der Waals surface area contributed by atoms with Crippen LogP contribution in [0, 0.1) is 0 Å². The van der Waals surface area contributed by atoms with Crippen molar-refractivity contribution in [1.29, 1.82) is 0 Å². The molecule has 0 aliphatic carbocycles. The summed E-state index contributed by atoms with van der Waals surface area (Å²) in [4.78, 5) is 31.3. The Labute approximate surface area is 390 Å². The van der Waals surface area contributed by atoms with Gasteiger partial charge in [-0.15, -0.1) is 0 Å². The summed E-state index contributed by atoms with van der Waals surface area (Å²) in [6, 6.07) is 76.4. The highest BCUT2D eigenvalue weighted by molar-refractivity contribution is 6.17. The van der Waals surface area contributed by atoms with Crippen molar-refractivity contribution in [3.63, 3.8) is 0 Å². The quantitative estimate of drug-likeness (QED) is 0.150. The highest BCUT2D eigenvalue weighted by Crippen LogP contribution is 2.43. The predicted molar refractivity (Wildman–Crippen MR) is 273 cm³/mol. The Kier molecular flexibility index (Phi) is 9.31. The lowest BCUT2D eigenvalue weighted by atomic mass is 9.93. The van der Waals surface area contributed by atoms with Crippen molar-refractivity contribution in [2.45, 2.75) is 0 Å². The summed E-state index contributed by atoms with van der Waals surface area (Å²) >= 11 is 0. The first-order valence-corrected chi connectivity index (χ1v) is 22.5. The first-order chi connectivity index (χ1) is 33.7. The molecule has 8 nitrogen and oxygen atoms in total. The molecule has 0 amide bonds. The summed E-state index contributed by atoms with van der Waals surface area (Å²) < 4.78 is 8.88. The maximum atomic E-state index is 6.54. The fraction of sp³-hybridized carbons (Fsp3) is 0. The first kappa shape index (κ1) is 39.0. The van der Waals surface area contributed by atoms with E-state index in [2.05, 4.69) is 108 Å². The molecule has 4 heterocycles. The second-order valence-electron chi connectivity index (χ2n) is 16.6. The molecule has 0 spiro atoms. The summed E-state index contributed by atoms with van der Waals surface area (Å²) in [5.41, 5.74) is 11.8. The minimum Gasteiger partial charge on any atom is -0.455 e. The molecule has 4 aromatic heterocycles. The van der Waals surface area contributed by atoms with Crippen LogP contribution in [-0.4, -0.2) is 34.5 Å². The van der Waals surface area contributed by atoms with E-state index in [-0.39, 0.29) is 0 Å². The zero-order valence-electron chi connectivity index (χ0n) is 36.4. The Balaban J connectivity index is 1.09. The number of nitrogens with zero attached hydrogens (tertiary/aromatic N) is 7. The molecule has 0 aliphatic rings. The van der Waals surface area contributed by atoms with Crippen LogP contribution in [0.15, 0.2) is 229 Å². The van der Waals surface area contributed by atoms with Gasteiger partial charge in [-0.3, -0.25) is 0 Å². The van der Waals surface area contributed by atoms with Gasteiger partial charge in [-0.25, -0.2) is 29.9 Å². The highest BCUT2D eigenvalue weighted by Gasteiger charge is 2.23. The lowest BCUT2D eigenvalue weighted by Gasteiger charge is -2.15. The second kappa shape index (κ2) is 16.2. The monoisotopic (exact) mass is 871 g/mol. The third-order valence-corrected chi connectivity index (χ3v) is 12.5. The molecule has 0 saturated carbocycles. The molecule has 0 aliphatic heterocycles. The molecule has 0 fully saturated rings. The van der Waals surface area contributed by atoms with E-state index in [0.29, 0.717) is 34.9 Å². The molecule has 13 aromatic rings. The van der Waals surface area contributed by atoms with Crippen molar-refractivity contribution in [3.05, 3.63) is 224 Å². The molecule has 318 valence electrons. The molecular formula is C60H37N7O. The molecule has 9 aromatic carbocycles. The average Bonchev–Trinajstić information content (AvgIpc) is 3.98. The minimum atomic E-state index is 0.495. The molecule has 8 heteroatoms. The highest BCUT2D eigenvalue weighted by atomic mass is 16.3. The van der Waals surface area contributed by atoms with Gasteiger partial charge in [-0.1, -0.05) is 182 Å². The van der Waals surface area contributed by atoms with Gasteiger partial charge < -0.3 is 8.98 Å². The van der Waals surface area contributed by atoms with Crippen LogP contribution in [0.25, 0.3) is 129 Å². The van der Waals surface area contributed by atoms with Gasteiger partial charge in [0.25, 0.3) is 0 Å². The van der Waals surface area contributed by atoms with E-state index in [9.17, 15) is 0 Å². The van der Waals surface area contributed by atoms with Crippen LogP contribution in [0.5, 0.6) is 0 Å². The van der Waals surface area contributed by atoms with Gasteiger partial charge in [0.2, 0.25) is 0 Å². The van der Waals surface area contributed by atoms with Gasteiger partial charge in [-0.2, -0.15) is 0 Å². The largest absolute Gasteiger partial charge is 0.455 e. The maximum absolute atomic E-state index is 6.54. The van der Waals surface area contributed by atoms with E-state index >= 15 is 0 Å². The van der Waals surface area contributed by atoms with E-state index in [0.717, 1.165) is 93.9 Å². The Bertz CT molecular complexity index is 3960. The van der Waals surface area contributed by atoms with Crippen molar-refractivity contribution in [2.75, 3.05) is 0 Å². The summed E-state index contributed by atoms with van der Waals surface area (Å²) in [5, 5.41) is 4.28. The Hall–Kier alpha value is -9.40. The van der Waals surface area contributed by atoms with E-state index in [4.69, 9.17) is 34.3 Å². The summed E-state index contributed by atoms with van der Waals surface area (Å²) in [5.74, 6) is 3.19. The first-order valence-electron chi connectivity index (χ1n) is 22.5. The molecule has 13 rings (SSSR count). The van der Waals surface area contributed by atoms with Crippen LogP contribution < -0.4 is 0 Å². The van der Waals surface area contributed by atoms with Gasteiger partial charge >= 0.3 is 0 Å². The Morgan fingerprint density at radius 1 is 0.294 bits per heavy atom. The van der Waals surface area contributed by atoms with E-state index in [1.807, 2.05) is 121 Å². The second-order valence-corrected chi connectivity index (χ2v) is 16.6. The lowest BCUT2D eigenvalue weighted by Crippen LogP contribution is -2.03. The van der Waals surface area contributed by atoms with Crippen LogP contribution in [0.1, 0.15) is 0 Å². The number of rotatable bonds is 8. The van der Waals surface area contributed by atoms with Crippen LogP contribution >= 0.6 is 0 Å². The standard InChI is InChI=1S/C60H37N7O/c1-5-19-38(20-6-1)55-61-56(39-21-7-2-8-22-39)65-60(64-55)49-37-41(35-36-43(49)45-29-18-33-51-53(45)47-28-13-15-32-50(47)67(51)42-25-11-4-12-26-42)58-62-57(40-23-9-3-10-24-40)63-59(66-58)48-31-17-30-46-44-27-14-16-34-52(44)68-54(46)48/h1-37H. The normalized spacial score (nSPS) is 11.5. The summed E-state index contributed by atoms with van der Waals surface area (Å²) in [6.45, 7) is 0. The van der Waals surface area contributed by atoms with Gasteiger partial charge in [-0.05, 0) is 53.6 Å². The molecular weight excluding hydrogens is 835 g/mol. The smallest absolute Gasteiger partial charge is 0.167 e. The van der Waals surface area contributed by atoms with E-state index in [1.54, 1.807) is 0 Å². The molecule has 0 bridgehead atoms. The number of fused-ring (bicyclic) bond motifs is 6. The number of hydrogen-bond acceptors (Lipinski definition) is 7. The number of benzene rings is 9. The van der Waals surface area contributed by atoms with E-state index < -0.39 is 0 Å². The molecule has 0 saturated heterocycles. The maximum Gasteiger partial charge on any atom is 0.167 e. The number of hydrogen-bond donors (Lipinski definition) is 0. The Morgan fingerprint density at radius 2 is 0.765 bits per heavy atom. The van der Waals surface area contributed by atoms with Crippen LogP contribution in [-0.2, 0) is 0 Å². The van der Waals surface area contributed by atoms with Gasteiger partial charge in [0.15, 0.2) is 34.9 Å². The third kappa shape index (κ3) is 6.70. The van der Waals surface area contributed by atoms with Gasteiger partial charge in [0.1, 0.15) is 11.2 Å².